The van der Waals surface area contributed by atoms with Crippen LogP contribution in [0.2, 0.25) is 0 Å². The molecule has 1 aliphatic rings. The summed E-state index contributed by atoms with van der Waals surface area (Å²) < 4.78 is 0. The fourth-order valence-corrected chi connectivity index (χ4v) is 3.64. The average Bonchev–Trinajstić information content (AvgIpc) is 2.83. The summed E-state index contributed by atoms with van der Waals surface area (Å²) in [5, 5.41) is 1.38. The summed E-state index contributed by atoms with van der Waals surface area (Å²) in [6, 6.07) is 0.302. The molecule has 0 aliphatic heterocycles. The molecule has 0 aromatic carbocycles. The molecule has 1 saturated carbocycles. The third kappa shape index (κ3) is 2.83. The minimum Gasteiger partial charge on any atom is -0.328 e. The SMILES string of the molecule is Cc1nc(C2CCCC2)sc1CCC(C)N. The topological polar surface area (TPSA) is 38.9 Å². The van der Waals surface area contributed by atoms with Crippen molar-refractivity contribution in [1.29, 1.82) is 0 Å². The maximum absolute atomic E-state index is 5.80. The second-order valence-electron chi connectivity index (χ2n) is 5.06. The van der Waals surface area contributed by atoms with Crippen LogP contribution >= 0.6 is 11.3 Å². The zero-order valence-corrected chi connectivity index (χ0v) is 11.1. The maximum atomic E-state index is 5.80. The van der Waals surface area contributed by atoms with E-state index in [2.05, 4.69) is 13.8 Å². The minimum atomic E-state index is 0.302. The first kappa shape index (κ1) is 12.1. The first-order chi connectivity index (χ1) is 7.66. The average molecular weight is 238 g/mol. The summed E-state index contributed by atoms with van der Waals surface area (Å²) in [6.45, 7) is 4.22. The van der Waals surface area contributed by atoms with Crippen LogP contribution in [0.1, 0.15) is 60.5 Å². The van der Waals surface area contributed by atoms with E-state index in [1.165, 1.54) is 41.3 Å². The smallest absolute Gasteiger partial charge is 0.0961 e. The zero-order valence-electron chi connectivity index (χ0n) is 10.3. The Kier molecular flexibility index (Phi) is 3.98. The van der Waals surface area contributed by atoms with E-state index in [0.717, 1.165) is 18.8 Å². The van der Waals surface area contributed by atoms with Gasteiger partial charge in [0.1, 0.15) is 0 Å². The lowest BCUT2D eigenvalue weighted by Crippen LogP contribution is -2.15. The van der Waals surface area contributed by atoms with E-state index < -0.39 is 0 Å². The third-order valence-electron chi connectivity index (χ3n) is 3.44. The highest BCUT2D eigenvalue weighted by Crippen LogP contribution is 2.37. The van der Waals surface area contributed by atoms with Gasteiger partial charge in [-0.25, -0.2) is 4.98 Å². The molecule has 2 N–H and O–H groups in total. The molecule has 0 amide bonds. The van der Waals surface area contributed by atoms with Crippen LogP contribution < -0.4 is 5.73 Å². The third-order valence-corrected chi connectivity index (χ3v) is 4.82. The lowest BCUT2D eigenvalue weighted by molar-refractivity contribution is 0.668. The van der Waals surface area contributed by atoms with Crippen molar-refractivity contribution in [3.8, 4) is 0 Å². The largest absolute Gasteiger partial charge is 0.328 e. The van der Waals surface area contributed by atoms with Gasteiger partial charge in [0.25, 0.3) is 0 Å². The van der Waals surface area contributed by atoms with Gasteiger partial charge in [-0.3, -0.25) is 0 Å². The molecule has 1 heterocycles. The molecule has 2 rings (SSSR count). The van der Waals surface area contributed by atoms with Gasteiger partial charge in [0, 0.05) is 16.8 Å². The Labute approximate surface area is 102 Å². The second-order valence-corrected chi connectivity index (χ2v) is 6.17. The fraction of sp³-hybridized carbons (Fsp3) is 0.769. The number of aromatic nitrogens is 1. The van der Waals surface area contributed by atoms with Crippen molar-refractivity contribution in [2.45, 2.75) is 64.3 Å². The molecule has 1 aromatic rings. The summed E-state index contributed by atoms with van der Waals surface area (Å²) in [5.74, 6) is 0.757. The first-order valence-electron chi connectivity index (χ1n) is 6.38. The lowest BCUT2D eigenvalue weighted by Gasteiger charge is -2.03. The number of rotatable bonds is 4. The van der Waals surface area contributed by atoms with E-state index in [4.69, 9.17) is 10.7 Å². The van der Waals surface area contributed by atoms with Gasteiger partial charge in [-0.15, -0.1) is 11.3 Å². The number of nitrogens with two attached hydrogens (primary N) is 1. The summed E-state index contributed by atoms with van der Waals surface area (Å²) in [7, 11) is 0. The van der Waals surface area contributed by atoms with E-state index in [1.807, 2.05) is 11.3 Å². The van der Waals surface area contributed by atoms with E-state index in [-0.39, 0.29) is 0 Å². The Morgan fingerprint density at radius 1 is 1.44 bits per heavy atom. The molecule has 1 atom stereocenters. The number of nitrogens with zero attached hydrogens (tertiary/aromatic N) is 1. The Morgan fingerprint density at radius 3 is 2.75 bits per heavy atom. The summed E-state index contributed by atoms with van der Waals surface area (Å²) in [4.78, 5) is 6.21. The summed E-state index contributed by atoms with van der Waals surface area (Å²) in [5.41, 5.74) is 7.05. The summed E-state index contributed by atoms with van der Waals surface area (Å²) >= 11 is 1.93. The van der Waals surface area contributed by atoms with Gasteiger partial charge in [0.15, 0.2) is 0 Å². The molecule has 0 radical (unpaired) electrons. The van der Waals surface area contributed by atoms with E-state index in [9.17, 15) is 0 Å². The van der Waals surface area contributed by atoms with E-state index in [1.54, 1.807) is 0 Å². The van der Waals surface area contributed by atoms with Crippen molar-refractivity contribution in [2.24, 2.45) is 5.73 Å². The van der Waals surface area contributed by atoms with Crippen LogP contribution in [-0.4, -0.2) is 11.0 Å². The van der Waals surface area contributed by atoms with Crippen LogP contribution in [0.5, 0.6) is 0 Å². The lowest BCUT2D eigenvalue weighted by atomic mass is 10.1. The molecule has 0 bridgehead atoms. The van der Waals surface area contributed by atoms with Gasteiger partial charge < -0.3 is 5.73 Å². The van der Waals surface area contributed by atoms with Crippen LogP contribution in [0.3, 0.4) is 0 Å². The first-order valence-corrected chi connectivity index (χ1v) is 7.20. The van der Waals surface area contributed by atoms with Gasteiger partial charge in [0.2, 0.25) is 0 Å². The van der Waals surface area contributed by atoms with Gasteiger partial charge >= 0.3 is 0 Å². The quantitative estimate of drug-likeness (QED) is 0.873. The van der Waals surface area contributed by atoms with Crippen molar-refractivity contribution >= 4 is 11.3 Å². The number of thiazole rings is 1. The molecule has 90 valence electrons. The van der Waals surface area contributed by atoms with Crippen LogP contribution in [0, 0.1) is 6.92 Å². The minimum absolute atomic E-state index is 0.302. The molecular weight excluding hydrogens is 216 g/mol. The van der Waals surface area contributed by atoms with Gasteiger partial charge in [-0.1, -0.05) is 12.8 Å². The normalized spacial score (nSPS) is 19.2. The highest BCUT2D eigenvalue weighted by molar-refractivity contribution is 7.11. The maximum Gasteiger partial charge on any atom is 0.0961 e. The van der Waals surface area contributed by atoms with Crippen molar-refractivity contribution in [3.05, 3.63) is 15.6 Å². The van der Waals surface area contributed by atoms with Gasteiger partial charge in [0.05, 0.1) is 10.7 Å². The zero-order chi connectivity index (χ0) is 11.5. The molecule has 1 fully saturated rings. The van der Waals surface area contributed by atoms with Crippen molar-refractivity contribution < 1.29 is 0 Å². The Morgan fingerprint density at radius 2 is 2.12 bits per heavy atom. The Bertz CT molecular complexity index is 338. The summed E-state index contributed by atoms with van der Waals surface area (Å²) in [6.07, 6.45) is 7.65. The monoisotopic (exact) mass is 238 g/mol. The van der Waals surface area contributed by atoms with Crippen LogP contribution in [0.4, 0.5) is 0 Å². The molecule has 0 spiro atoms. The molecule has 1 aliphatic carbocycles. The predicted octanol–water partition coefficient (Wildman–Crippen LogP) is 3.39. The second kappa shape index (κ2) is 5.28. The molecule has 3 heteroatoms. The predicted molar refractivity (Wildman–Crippen MR) is 70.0 cm³/mol. The van der Waals surface area contributed by atoms with Crippen LogP contribution in [-0.2, 0) is 6.42 Å². The van der Waals surface area contributed by atoms with Crippen LogP contribution in [0.25, 0.3) is 0 Å². The number of hydrogen-bond donors (Lipinski definition) is 1. The van der Waals surface area contributed by atoms with E-state index >= 15 is 0 Å². The van der Waals surface area contributed by atoms with Crippen molar-refractivity contribution in [3.63, 3.8) is 0 Å². The van der Waals surface area contributed by atoms with Gasteiger partial charge in [-0.2, -0.15) is 0 Å². The molecule has 1 unspecified atom stereocenters. The number of hydrogen-bond acceptors (Lipinski definition) is 3. The highest BCUT2D eigenvalue weighted by atomic mass is 32.1. The molecular formula is C13H22N2S. The van der Waals surface area contributed by atoms with Crippen molar-refractivity contribution in [2.75, 3.05) is 0 Å². The van der Waals surface area contributed by atoms with Gasteiger partial charge in [-0.05, 0) is 39.5 Å². The van der Waals surface area contributed by atoms with Crippen LogP contribution in [0.15, 0.2) is 0 Å². The Balaban J connectivity index is 2.02. The molecule has 0 saturated heterocycles. The van der Waals surface area contributed by atoms with E-state index in [0.29, 0.717) is 6.04 Å². The fourth-order valence-electron chi connectivity index (χ4n) is 2.39. The number of aryl methyl sites for hydroxylation is 2. The highest BCUT2D eigenvalue weighted by Gasteiger charge is 2.21. The Hall–Kier alpha value is -0.410. The molecule has 16 heavy (non-hydrogen) atoms. The molecule has 2 nitrogen and oxygen atoms in total. The van der Waals surface area contributed by atoms with Crippen molar-refractivity contribution in [1.82, 2.24) is 4.98 Å². The standard InChI is InChI=1S/C13H22N2S/c1-9(14)7-8-12-10(2)15-13(16-12)11-5-3-4-6-11/h9,11H,3-8,14H2,1-2H3. The molecule has 1 aromatic heterocycles.